The lowest BCUT2D eigenvalue weighted by Gasteiger charge is -2.35. The Balaban J connectivity index is 1.55. The number of piperidine rings is 1. The third-order valence-corrected chi connectivity index (χ3v) is 4.76. The van der Waals surface area contributed by atoms with E-state index in [1.807, 2.05) is 48.4 Å². The van der Waals surface area contributed by atoms with Gasteiger partial charge in [0, 0.05) is 13.1 Å². The SMILES string of the molecule is C[C@@H]1C[C@H](C)CN(C(=O)CN[C@@H](C)c2cn(-c3ccccc3)nn2)C1. The Morgan fingerprint density at radius 2 is 1.92 bits per heavy atom. The monoisotopic (exact) mass is 341 g/mol. The van der Waals surface area contributed by atoms with Crippen molar-refractivity contribution in [3.63, 3.8) is 0 Å². The average molecular weight is 341 g/mol. The molecule has 3 atom stereocenters. The zero-order valence-corrected chi connectivity index (χ0v) is 15.2. The number of amides is 1. The van der Waals surface area contributed by atoms with Crippen LogP contribution in [0.2, 0.25) is 0 Å². The Bertz CT molecular complexity index is 689. The van der Waals surface area contributed by atoms with Crippen LogP contribution in [-0.2, 0) is 4.79 Å². The predicted molar refractivity (Wildman–Crippen MR) is 97.3 cm³/mol. The van der Waals surface area contributed by atoms with E-state index in [1.165, 1.54) is 6.42 Å². The van der Waals surface area contributed by atoms with Gasteiger partial charge in [0.1, 0.15) is 0 Å². The van der Waals surface area contributed by atoms with E-state index in [2.05, 4.69) is 29.5 Å². The lowest BCUT2D eigenvalue weighted by atomic mass is 9.92. The van der Waals surface area contributed by atoms with Gasteiger partial charge in [-0.2, -0.15) is 0 Å². The lowest BCUT2D eigenvalue weighted by Crippen LogP contribution is -2.46. The molecule has 134 valence electrons. The number of aromatic nitrogens is 3. The molecular formula is C19H27N5O. The molecule has 2 heterocycles. The molecule has 3 rings (SSSR count). The summed E-state index contributed by atoms with van der Waals surface area (Å²) in [7, 11) is 0. The summed E-state index contributed by atoms with van der Waals surface area (Å²) in [5, 5.41) is 11.7. The maximum Gasteiger partial charge on any atom is 0.236 e. The topological polar surface area (TPSA) is 63.1 Å². The Morgan fingerprint density at radius 3 is 2.60 bits per heavy atom. The van der Waals surface area contributed by atoms with Crippen molar-refractivity contribution in [2.45, 2.75) is 33.2 Å². The van der Waals surface area contributed by atoms with E-state index in [9.17, 15) is 4.79 Å². The van der Waals surface area contributed by atoms with Gasteiger partial charge in [-0.3, -0.25) is 4.79 Å². The van der Waals surface area contributed by atoms with Gasteiger partial charge in [0.25, 0.3) is 0 Å². The third-order valence-electron chi connectivity index (χ3n) is 4.76. The highest BCUT2D eigenvalue weighted by molar-refractivity contribution is 5.78. The predicted octanol–water partition coefficient (Wildman–Crippen LogP) is 2.42. The molecule has 0 unspecified atom stereocenters. The molecule has 6 heteroatoms. The van der Waals surface area contributed by atoms with Gasteiger partial charge >= 0.3 is 0 Å². The van der Waals surface area contributed by atoms with Crippen molar-refractivity contribution in [3.05, 3.63) is 42.2 Å². The summed E-state index contributed by atoms with van der Waals surface area (Å²) in [6.07, 6.45) is 3.11. The van der Waals surface area contributed by atoms with Crippen LogP contribution >= 0.6 is 0 Å². The number of hydrogen-bond acceptors (Lipinski definition) is 4. The molecule has 6 nitrogen and oxygen atoms in total. The molecule has 1 saturated heterocycles. The first-order chi connectivity index (χ1) is 12.0. The standard InChI is InChI=1S/C19H27N5O/c1-14-9-15(2)12-23(11-14)19(25)10-20-16(3)18-13-24(22-21-18)17-7-5-4-6-8-17/h4-8,13-16,20H,9-12H2,1-3H3/t14-,15+,16-/m0/s1. The smallest absolute Gasteiger partial charge is 0.236 e. The normalized spacial score (nSPS) is 22.0. The molecule has 0 aliphatic carbocycles. The van der Waals surface area contributed by atoms with E-state index < -0.39 is 0 Å². The summed E-state index contributed by atoms with van der Waals surface area (Å²) >= 11 is 0. The molecule has 1 N–H and O–H groups in total. The van der Waals surface area contributed by atoms with E-state index in [0.717, 1.165) is 24.5 Å². The Hall–Kier alpha value is -2.21. The van der Waals surface area contributed by atoms with Crippen molar-refractivity contribution in [2.24, 2.45) is 11.8 Å². The number of carbonyl (C=O) groups is 1. The minimum absolute atomic E-state index is 0.0268. The van der Waals surface area contributed by atoms with Crippen molar-refractivity contribution < 1.29 is 4.79 Å². The molecule has 0 radical (unpaired) electrons. The van der Waals surface area contributed by atoms with Gasteiger partial charge in [-0.25, -0.2) is 4.68 Å². The molecule has 1 fully saturated rings. The van der Waals surface area contributed by atoms with Gasteiger partial charge in [0.05, 0.1) is 30.2 Å². The summed E-state index contributed by atoms with van der Waals surface area (Å²) in [6.45, 7) is 8.50. The number of carbonyl (C=O) groups excluding carboxylic acids is 1. The number of para-hydroxylation sites is 1. The molecule has 1 aromatic carbocycles. The number of nitrogens with one attached hydrogen (secondary N) is 1. The number of likely N-dealkylation sites (tertiary alicyclic amines) is 1. The van der Waals surface area contributed by atoms with Crippen LogP contribution in [0.4, 0.5) is 0 Å². The largest absolute Gasteiger partial charge is 0.341 e. The minimum Gasteiger partial charge on any atom is -0.341 e. The second-order valence-corrected chi connectivity index (χ2v) is 7.27. The van der Waals surface area contributed by atoms with E-state index in [-0.39, 0.29) is 11.9 Å². The van der Waals surface area contributed by atoms with Crippen molar-refractivity contribution in [3.8, 4) is 5.69 Å². The quantitative estimate of drug-likeness (QED) is 0.907. The average Bonchev–Trinajstić information content (AvgIpc) is 3.09. The van der Waals surface area contributed by atoms with Crippen molar-refractivity contribution >= 4 is 5.91 Å². The maximum atomic E-state index is 12.5. The van der Waals surface area contributed by atoms with E-state index in [0.29, 0.717) is 18.4 Å². The molecule has 1 aliphatic rings. The van der Waals surface area contributed by atoms with Crippen LogP contribution in [0, 0.1) is 11.8 Å². The molecule has 0 spiro atoms. The number of nitrogens with zero attached hydrogens (tertiary/aromatic N) is 4. The number of benzene rings is 1. The Kier molecular flexibility index (Phi) is 5.48. The maximum absolute atomic E-state index is 12.5. The second kappa shape index (κ2) is 7.78. The highest BCUT2D eigenvalue weighted by atomic mass is 16.2. The van der Waals surface area contributed by atoms with Crippen molar-refractivity contribution in [2.75, 3.05) is 19.6 Å². The molecule has 1 amide bonds. The van der Waals surface area contributed by atoms with Crippen LogP contribution in [0.3, 0.4) is 0 Å². The molecular weight excluding hydrogens is 314 g/mol. The lowest BCUT2D eigenvalue weighted by molar-refractivity contribution is -0.133. The molecule has 25 heavy (non-hydrogen) atoms. The molecule has 1 aliphatic heterocycles. The summed E-state index contributed by atoms with van der Waals surface area (Å²) < 4.78 is 1.75. The highest BCUT2D eigenvalue weighted by Gasteiger charge is 2.25. The van der Waals surface area contributed by atoms with Gasteiger partial charge in [0.15, 0.2) is 0 Å². The Labute approximate surface area is 149 Å². The molecule has 0 saturated carbocycles. The van der Waals surface area contributed by atoms with Crippen LogP contribution < -0.4 is 5.32 Å². The highest BCUT2D eigenvalue weighted by Crippen LogP contribution is 2.21. The first kappa shape index (κ1) is 17.6. The number of rotatable bonds is 5. The van der Waals surface area contributed by atoms with Crippen LogP contribution in [0.25, 0.3) is 5.69 Å². The van der Waals surface area contributed by atoms with E-state index in [1.54, 1.807) is 4.68 Å². The fraction of sp³-hybridized carbons (Fsp3) is 0.526. The zero-order chi connectivity index (χ0) is 17.8. The van der Waals surface area contributed by atoms with Crippen LogP contribution in [0.5, 0.6) is 0 Å². The molecule has 2 aromatic rings. The first-order valence-electron chi connectivity index (χ1n) is 9.01. The van der Waals surface area contributed by atoms with E-state index >= 15 is 0 Å². The van der Waals surface area contributed by atoms with Crippen LogP contribution in [0.1, 0.15) is 38.9 Å². The zero-order valence-electron chi connectivity index (χ0n) is 15.2. The van der Waals surface area contributed by atoms with Gasteiger partial charge in [-0.05, 0) is 37.3 Å². The fourth-order valence-corrected chi connectivity index (χ4v) is 3.51. The van der Waals surface area contributed by atoms with Gasteiger partial charge in [-0.1, -0.05) is 37.3 Å². The second-order valence-electron chi connectivity index (χ2n) is 7.27. The third kappa shape index (κ3) is 4.45. The van der Waals surface area contributed by atoms with E-state index in [4.69, 9.17) is 0 Å². The van der Waals surface area contributed by atoms with Crippen molar-refractivity contribution in [1.82, 2.24) is 25.2 Å². The molecule has 0 bridgehead atoms. The van der Waals surface area contributed by atoms with Gasteiger partial charge in [-0.15, -0.1) is 5.10 Å². The molecule has 1 aromatic heterocycles. The Morgan fingerprint density at radius 1 is 1.24 bits per heavy atom. The summed E-state index contributed by atoms with van der Waals surface area (Å²) in [5.41, 5.74) is 1.80. The van der Waals surface area contributed by atoms with Crippen LogP contribution in [-0.4, -0.2) is 45.4 Å². The van der Waals surface area contributed by atoms with Gasteiger partial charge in [0.2, 0.25) is 5.91 Å². The minimum atomic E-state index is -0.0268. The summed E-state index contributed by atoms with van der Waals surface area (Å²) in [4.78, 5) is 14.5. The van der Waals surface area contributed by atoms with Crippen molar-refractivity contribution in [1.29, 1.82) is 0 Å². The fourth-order valence-electron chi connectivity index (χ4n) is 3.51. The number of hydrogen-bond donors (Lipinski definition) is 1. The summed E-state index contributed by atoms with van der Waals surface area (Å²) in [6, 6.07) is 9.85. The first-order valence-corrected chi connectivity index (χ1v) is 9.01. The van der Waals surface area contributed by atoms with Gasteiger partial charge < -0.3 is 10.2 Å². The van der Waals surface area contributed by atoms with Crippen LogP contribution in [0.15, 0.2) is 36.5 Å². The summed E-state index contributed by atoms with van der Waals surface area (Å²) in [5.74, 6) is 1.33.